The lowest BCUT2D eigenvalue weighted by Crippen LogP contribution is -2.44. The fraction of sp³-hybridized carbons (Fsp3) is 0.241. The van der Waals surface area contributed by atoms with Crippen LogP contribution in [0.2, 0.25) is 5.02 Å². The summed E-state index contributed by atoms with van der Waals surface area (Å²) in [5, 5.41) is 11.5. The van der Waals surface area contributed by atoms with Crippen molar-refractivity contribution in [3.05, 3.63) is 92.9 Å². The average Bonchev–Trinajstić information content (AvgIpc) is 3.15. The van der Waals surface area contributed by atoms with Crippen molar-refractivity contribution in [2.45, 2.75) is 26.9 Å². The summed E-state index contributed by atoms with van der Waals surface area (Å²) in [5.41, 5.74) is 3.75. The predicted molar refractivity (Wildman–Crippen MR) is 137 cm³/mol. The van der Waals surface area contributed by atoms with Gasteiger partial charge in [0.1, 0.15) is 31.2 Å². The maximum atomic E-state index is 13.7. The molecule has 1 aromatic heterocycles. The monoisotopic (exact) mass is 506 g/mol. The zero-order valence-corrected chi connectivity index (χ0v) is 21.1. The third kappa shape index (κ3) is 3.95. The fourth-order valence-corrected chi connectivity index (χ4v) is 5.43. The van der Waals surface area contributed by atoms with Crippen LogP contribution in [0.25, 0.3) is 22.1 Å². The number of hydrogen-bond donors (Lipinski definition) is 1. The molecule has 0 spiro atoms. The molecule has 5 rings (SSSR count). The first-order valence-corrected chi connectivity index (χ1v) is 12.1. The van der Waals surface area contributed by atoms with E-state index in [1.165, 1.54) is 6.07 Å². The molecule has 1 unspecified atom stereocenters. The summed E-state index contributed by atoms with van der Waals surface area (Å²) in [4.78, 5) is 26.6. The summed E-state index contributed by atoms with van der Waals surface area (Å²) < 4.78 is 20.3. The Morgan fingerprint density at radius 2 is 1.72 bits per heavy atom. The van der Waals surface area contributed by atoms with E-state index in [-0.39, 0.29) is 11.6 Å². The Labute approximate surface area is 213 Å². The molecule has 1 aliphatic carbocycles. The first-order valence-electron chi connectivity index (χ1n) is 11.8. The van der Waals surface area contributed by atoms with Gasteiger partial charge < -0.3 is 14.0 Å². The Bertz CT molecular complexity index is 1560. The van der Waals surface area contributed by atoms with Gasteiger partial charge in [-0.1, -0.05) is 41.9 Å². The smallest absolute Gasteiger partial charge is 0.237 e. The van der Waals surface area contributed by atoms with Crippen LogP contribution in [0.3, 0.4) is 0 Å². The highest BCUT2D eigenvalue weighted by molar-refractivity contribution is 6.54. The second kappa shape index (κ2) is 8.96. The van der Waals surface area contributed by atoms with Crippen molar-refractivity contribution in [1.82, 2.24) is 0 Å². The van der Waals surface area contributed by atoms with Crippen LogP contribution in [0, 0.1) is 19.7 Å². The molecule has 0 bridgehead atoms. The van der Waals surface area contributed by atoms with Crippen molar-refractivity contribution >= 4 is 33.9 Å². The fourth-order valence-electron chi connectivity index (χ4n) is 5.23. The number of rotatable bonds is 6. The van der Waals surface area contributed by atoms with Crippen LogP contribution < -0.4 is 0 Å². The number of aliphatic hydroxyl groups is 1. The number of carbonyl (C=O) groups is 2. The Morgan fingerprint density at radius 1 is 0.972 bits per heavy atom. The molecule has 0 amide bonds. The maximum absolute atomic E-state index is 13.7. The van der Waals surface area contributed by atoms with E-state index in [0.29, 0.717) is 57.9 Å². The van der Waals surface area contributed by atoms with Gasteiger partial charge in [-0.15, -0.1) is 0 Å². The van der Waals surface area contributed by atoms with Gasteiger partial charge in [0.2, 0.25) is 11.6 Å². The van der Waals surface area contributed by atoms with Gasteiger partial charge in [0.15, 0.2) is 5.76 Å². The molecule has 184 valence electrons. The van der Waals surface area contributed by atoms with Crippen molar-refractivity contribution in [1.29, 1.82) is 0 Å². The van der Waals surface area contributed by atoms with Crippen molar-refractivity contribution < 1.29 is 28.0 Å². The van der Waals surface area contributed by atoms with Gasteiger partial charge in [-0.05, 0) is 48.4 Å². The van der Waals surface area contributed by atoms with Crippen LogP contribution in [0.1, 0.15) is 43.2 Å². The molecule has 4 aromatic rings. The SMILES string of the molecule is Cc1c(C[N+](C)(CCO)Cc2ccc(F)c(Cl)c2)oc2c1C(=O)C(=O)c1c-2ccc2c(C)cccc12. The number of furan rings is 1. The Balaban J connectivity index is 1.59. The lowest BCUT2D eigenvalue weighted by Gasteiger charge is -2.33. The highest BCUT2D eigenvalue weighted by Gasteiger charge is 2.39. The molecule has 36 heavy (non-hydrogen) atoms. The molecule has 0 saturated carbocycles. The number of fused-ring (bicyclic) bond motifs is 5. The molecular weight excluding hydrogens is 481 g/mol. The normalized spacial score (nSPS) is 14.6. The average molecular weight is 507 g/mol. The largest absolute Gasteiger partial charge is 0.454 e. The number of Topliss-reactive ketones (excluding diaryl/α,β-unsaturated/α-hetero) is 2. The van der Waals surface area contributed by atoms with E-state index < -0.39 is 17.4 Å². The van der Waals surface area contributed by atoms with Gasteiger partial charge in [0.25, 0.3) is 0 Å². The molecule has 0 fully saturated rings. The predicted octanol–water partition coefficient (Wildman–Crippen LogP) is 6.03. The summed E-state index contributed by atoms with van der Waals surface area (Å²) in [5.74, 6) is -0.609. The number of aliphatic hydroxyl groups excluding tert-OH is 1. The number of halogens is 2. The van der Waals surface area contributed by atoms with E-state index in [0.717, 1.165) is 21.9 Å². The molecule has 0 radical (unpaired) electrons. The molecular formula is C29H26ClFNO4+. The third-order valence-electron chi connectivity index (χ3n) is 7.14. The number of benzene rings is 3. The number of quaternary nitrogens is 1. The standard InChI is InChI=1S/C29H26ClFNO4/c1-16-5-4-6-20-19(16)8-9-21-26(20)28(35)27(34)25-17(2)24(36-29(21)25)15-32(3,11-12-33)14-18-7-10-23(31)22(30)13-18/h4-10,13,33H,11-12,14-15H2,1-3H3/q+1. The molecule has 7 heteroatoms. The van der Waals surface area contributed by atoms with Crippen LogP contribution in [0.5, 0.6) is 0 Å². The number of ketones is 2. The van der Waals surface area contributed by atoms with E-state index >= 15 is 0 Å². The summed E-state index contributed by atoms with van der Waals surface area (Å²) in [6.07, 6.45) is 0. The van der Waals surface area contributed by atoms with Crippen LogP contribution in [-0.2, 0) is 13.1 Å². The lowest BCUT2D eigenvalue weighted by molar-refractivity contribution is -0.936. The summed E-state index contributed by atoms with van der Waals surface area (Å²) >= 11 is 5.98. The topological polar surface area (TPSA) is 67.5 Å². The minimum atomic E-state index is -0.569. The van der Waals surface area contributed by atoms with Gasteiger partial charge >= 0.3 is 0 Å². The van der Waals surface area contributed by atoms with E-state index in [2.05, 4.69) is 0 Å². The van der Waals surface area contributed by atoms with Gasteiger partial charge in [-0.3, -0.25) is 9.59 Å². The zero-order valence-electron chi connectivity index (χ0n) is 20.3. The number of aryl methyl sites for hydroxylation is 1. The Kier molecular flexibility index (Phi) is 6.07. The van der Waals surface area contributed by atoms with Gasteiger partial charge in [0.05, 0.1) is 24.2 Å². The van der Waals surface area contributed by atoms with E-state index in [9.17, 15) is 19.1 Å². The van der Waals surface area contributed by atoms with Gasteiger partial charge in [-0.2, -0.15) is 0 Å². The second-order valence-corrected chi connectivity index (χ2v) is 10.2. The van der Waals surface area contributed by atoms with Crippen molar-refractivity contribution in [2.75, 3.05) is 20.2 Å². The van der Waals surface area contributed by atoms with Gasteiger partial charge in [-0.25, -0.2) is 4.39 Å². The molecule has 0 saturated heterocycles. The number of carbonyl (C=O) groups excluding carboxylic acids is 2. The molecule has 1 aliphatic rings. The number of likely N-dealkylation sites (N-methyl/N-ethyl adjacent to an activating group) is 1. The molecule has 0 aliphatic heterocycles. The summed E-state index contributed by atoms with van der Waals surface area (Å²) in [6, 6.07) is 14.1. The van der Waals surface area contributed by atoms with Crippen LogP contribution in [-0.4, -0.2) is 41.4 Å². The number of hydrogen-bond acceptors (Lipinski definition) is 4. The summed E-state index contributed by atoms with van der Waals surface area (Å²) in [6.45, 7) is 4.90. The number of nitrogens with zero attached hydrogens (tertiary/aromatic N) is 1. The molecule has 1 N–H and O–H groups in total. The zero-order chi connectivity index (χ0) is 25.8. The van der Waals surface area contributed by atoms with E-state index in [1.54, 1.807) is 19.1 Å². The Morgan fingerprint density at radius 3 is 2.44 bits per heavy atom. The van der Waals surface area contributed by atoms with Crippen LogP contribution in [0.4, 0.5) is 4.39 Å². The molecule has 5 nitrogen and oxygen atoms in total. The minimum absolute atomic E-state index is 0.0378. The highest BCUT2D eigenvalue weighted by atomic mass is 35.5. The molecule has 1 atom stereocenters. The first kappa shape index (κ1) is 24.4. The quantitative estimate of drug-likeness (QED) is 0.256. The third-order valence-corrected chi connectivity index (χ3v) is 7.43. The van der Waals surface area contributed by atoms with Gasteiger partial charge in [0, 0.05) is 22.3 Å². The maximum Gasteiger partial charge on any atom is 0.237 e. The Hall–Kier alpha value is -3.32. The minimum Gasteiger partial charge on any atom is -0.454 e. The molecule has 3 aromatic carbocycles. The van der Waals surface area contributed by atoms with Crippen molar-refractivity contribution in [3.63, 3.8) is 0 Å². The molecule has 1 heterocycles. The van der Waals surface area contributed by atoms with Crippen LogP contribution >= 0.6 is 11.6 Å². The highest BCUT2D eigenvalue weighted by Crippen LogP contribution is 2.42. The van der Waals surface area contributed by atoms with E-state index in [4.69, 9.17) is 16.0 Å². The second-order valence-electron chi connectivity index (χ2n) is 9.80. The van der Waals surface area contributed by atoms with Crippen LogP contribution in [0.15, 0.2) is 52.9 Å². The lowest BCUT2D eigenvalue weighted by atomic mass is 9.83. The summed E-state index contributed by atoms with van der Waals surface area (Å²) in [7, 11) is 1.95. The van der Waals surface area contributed by atoms with Crippen molar-refractivity contribution in [3.8, 4) is 11.3 Å². The van der Waals surface area contributed by atoms with Crippen molar-refractivity contribution in [2.24, 2.45) is 0 Å². The van der Waals surface area contributed by atoms with E-state index in [1.807, 2.05) is 44.3 Å². The first-order chi connectivity index (χ1) is 17.1.